The van der Waals surface area contributed by atoms with Crippen molar-refractivity contribution in [3.05, 3.63) is 89.6 Å². The molecule has 176 valence electrons. The highest BCUT2D eigenvalue weighted by Crippen LogP contribution is 2.19. The van der Waals surface area contributed by atoms with Crippen LogP contribution in [0, 0.1) is 0 Å². The molecule has 34 heavy (non-hydrogen) atoms. The van der Waals surface area contributed by atoms with Crippen LogP contribution in [0.25, 0.3) is 0 Å². The van der Waals surface area contributed by atoms with Crippen LogP contribution in [0.4, 0.5) is 5.82 Å². The van der Waals surface area contributed by atoms with Gasteiger partial charge in [-0.2, -0.15) is 0 Å². The monoisotopic (exact) mass is 459 g/mol. The normalized spacial score (nSPS) is 13.8. The van der Waals surface area contributed by atoms with E-state index in [0.29, 0.717) is 49.7 Å². The third-order valence-electron chi connectivity index (χ3n) is 5.70. The van der Waals surface area contributed by atoms with E-state index in [0.717, 1.165) is 24.3 Å². The second-order valence-corrected chi connectivity index (χ2v) is 8.06. The number of pyridine rings is 1. The van der Waals surface area contributed by atoms with Gasteiger partial charge in [0, 0.05) is 37.9 Å². The minimum atomic E-state index is -0.371. The van der Waals surface area contributed by atoms with E-state index in [-0.39, 0.29) is 11.9 Å². The van der Waals surface area contributed by atoms with Crippen molar-refractivity contribution in [1.29, 1.82) is 0 Å². The maximum atomic E-state index is 13.2. The molecule has 2 aromatic carbocycles. The number of hydrogen-bond acceptors (Lipinski definition) is 6. The number of carbonyl (C=O) groups excluding carboxylic acids is 2. The number of rotatable bonds is 7. The molecule has 0 N–H and O–H groups in total. The fraction of sp³-hybridized carbons (Fsp3) is 0.296. The first-order valence-electron chi connectivity index (χ1n) is 11.6. The first-order chi connectivity index (χ1) is 16.6. The van der Waals surface area contributed by atoms with Crippen molar-refractivity contribution in [3.8, 4) is 5.75 Å². The van der Waals surface area contributed by atoms with E-state index in [1.54, 1.807) is 19.2 Å². The van der Waals surface area contributed by atoms with E-state index >= 15 is 0 Å². The smallest absolute Gasteiger partial charge is 0.339 e. The van der Waals surface area contributed by atoms with Gasteiger partial charge in [0.25, 0.3) is 5.91 Å². The van der Waals surface area contributed by atoms with Gasteiger partial charge in [0.05, 0.1) is 12.2 Å². The SMILES string of the molecule is CCOC(=O)c1ccc(N2CCCN(C(=O)c3cccc(OCc4ccccc4)c3)CC2)nc1. The number of aromatic nitrogens is 1. The Bertz CT molecular complexity index is 1100. The molecule has 1 aliphatic rings. The zero-order chi connectivity index (χ0) is 23.8. The summed E-state index contributed by atoms with van der Waals surface area (Å²) in [6.45, 7) is 5.29. The molecule has 1 aliphatic heterocycles. The van der Waals surface area contributed by atoms with E-state index in [9.17, 15) is 9.59 Å². The molecule has 2 heterocycles. The summed E-state index contributed by atoms with van der Waals surface area (Å²) >= 11 is 0. The number of ether oxygens (including phenoxy) is 2. The summed E-state index contributed by atoms with van der Waals surface area (Å²) in [4.78, 5) is 33.5. The van der Waals surface area contributed by atoms with Gasteiger partial charge >= 0.3 is 5.97 Å². The van der Waals surface area contributed by atoms with E-state index in [2.05, 4.69) is 9.88 Å². The fourth-order valence-electron chi connectivity index (χ4n) is 3.90. The number of hydrogen-bond donors (Lipinski definition) is 0. The van der Waals surface area contributed by atoms with Gasteiger partial charge in [-0.3, -0.25) is 4.79 Å². The molecular weight excluding hydrogens is 430 g/mol. The molecule has 0 radical (unpaired) electrons. The highest BCUT2D eigenvalue weighted by atomic mass is 16.5. The lowest BCUT2D eigenvalue weighted by atomic mass is 10.2. The first kappa shape index (κ1) is 23.3. The second-order valence-electron chi connectivity index (χ2n) is 8.06. The first-order valence-corrected chi connectivity index (χ1v) is 11.6. The third-order valence-corrected chi connectivity index (χ3v) is 5.70. The maximum Gasteiger partial charge on any atom is 0.339 e. The van der Waals surface area contributed by atoms with Crippen molar-refractivity contribution < 1.29 is 19.1 Å². The zero-order valence-electron chi connectivity index (χ0n) is 19.4. The standard InChI is InChI=1S/C27H29N3O4/c1-2-33-27(32)23-12-13-25(28-19-23)29-14-7-15-30(17-16-29)26(31)22-10-6-11-24(18-22)34-20-21-8-4-3-5-9-21/h3-6,8-13,18-19H,2,7,14-17,20H2,1H3. The van der Waals surface area contributed by atoms with Crippen LogP contribution in [0.1, 0.15) is 39.6 Å². The minimum absolute atomic E-state index is 0.00220. The molecule has 1 saturated heterocycles. The Labute approximate surface area is 199 Å². The average molecular weight is 460 g/mol. The van der Waals surface area contributed by atoms with E-state index in [1.807, 2.05) is 65.6 Å². The number of anilines is 1. The van der Waals surface area contributed by atoms with Gasteiger partial charge in [-0.1, -0.05) is 36.4 Å². The van der Waals surface area contributed by atoms with Crippen LogP contribution in [0.15, 0.2) is 72.9 Å². The Morgan fingerprint density at radius 2 is 1.76 bits per heavy atom. The Kier molecular flexibility index (Phi) is 7.75. The summed E-state index contributed by atoms with van der Waals surface area (Å²) in [5, 5.41) is 0. The van der Waals surface area contributed by atoms with Crippen LogP contribution in [0.3, 0.4) is 0 Å². The van der Waals surface area contributed by atoms with E-state index in [4.69, 9.17) is 9.47 Å². The molecule has 0 unspecified atom stereocenters. The number of nitrogens with zero attached hydrogens (tertiary/aromatic N) is 3. The molecule has 0 bridgehead atoms. The molecule has 1 aromatic heterocycles. The summed E-state index contributed by atoms with van der Waals surface area (Å²) in [5.41, 5.74) is 2.14. The molecule has 7 heteroatoms. The molecular formula is C27H29N3O4. The molecule has 3 aromatic rings. The molecule has 0 aliphatic carbocycles. The minimum Gasteiger partial charge on any atom is -0.489 e. The number of amides is 1. The van der Waals surface area contributed by atoms with Crippen LogP contribution >= 0.6 is 0 Å². The van der Waals surface area contributed by atoms with Gasteiger partial charge in [-0.25, -0.2) is 9.78 Å². The summed E-state index contributed by atoms with van der Waals surface area (Å²) in [6, 6.07) is 20.9. The number of benzene rings is 2. The van der Waals surface area contributed by atoms with Crippen molar-refractivity contribution >= 4 is 17.7 Å². The van der Waals surface area contributed by atoms with Gasteiger partial charge < -0.3 is 19.3 Å². The number of carbonyl (C=O) groups is 2. The van der Waals surface area contributed by atoms with Gasteiger partial charge in [0.15, 0.2) is 0 Å². The lowest BCUT2D eigenvalue weighted by Gasteiger charge is -2.23. The molecule has 0 spiro atoms. The largest absolute Gasteiger partial charge is 0.489 e. The lowest BCUT2D eigenvalue weighted by molar-refractivity contribution is 0.0525. The molecule has 0 saturated carbocycles. The fourth-order valence-corrected chi connectivity index (χ4v) is 3.90. The van der Waals surface area contributed by atoms with Crippen molar-refractivity contribution in [1.82, 2.24) is 9.88 Å². The van der Waals surface area contributed by atoms with Crippen molar-refractivity contribution in [3.63, 3.8) is 0 Å². The van der Waals surface area contributed by atoms with Crippen LogP contribution in [0.5, 0.6) is 5.75 Å². The molecule has 4 rings (SSSR count). The van der Waals surface area contributed by atoms with Crippen LogP contribution in [-0.2, 0) is 11.3 Å². The van der Waals surface area contributed by atoms with Gasteiger partial charge in [-0.05, 0) is 49.2 Å². The van der Waals surface area contributed by atoms with Gasteiger partial charge in [0.2, 0.25) is 0 Å². The second kappa shape index (κ2) is 11.3. The topological polar surface area (TPSA) is 72.0 Å². The Morgan fingerprint density at radius 3 is 2.53 bits per heavy atom. The van der Waals surface area contributed by atoms with Crippen LogP contribution < -0.4 is 9.64 Å². The summed E-state index contributed by atoms with van der Waals surface area (Å²) in [6.07, 6.45) is 2.37. The predicted octanol–water partition coefficient (Wildman–Crippen LogP) is 4.19. The zero-order valence-corrected chi connectivity index (χ0v) is 19.4. The van der Waals surface area contributed by atoms with Gasteiger partial charge in [0.1, 0.15) is 18.2 Å². The van der Waals surface area contributed by atoms with Gasteiger partial charge in [-0.15, -0.1) is 0 Å². The van der Waals surface area contributed by atoms with E-state index in [1.165, 1.54) is 0 Å². The Morgan fingerprint density at radius 1 is 0.912 bits per heavy atom. The highest BCUT2D eigenvalue weighted by molar-refractivity contribution is 5.94. The predicted molar refractivity (Wildman–Crippen MR) is 130 cm³/mol. The Hall–Kier alpha value is -3.87. The summed E-state index contributed by atoms with van der Waals surface area (Å²) in [7, 11) is 0. The third kappa shape index (κ3) is 5.92. The number of esters is 1. The Balaban J connectivity index is 1.35. The van der Waals surface area contributed by atoms with Crippen LogP contribution in [-0.4, -0.2) is 54.5 Å². The summed E-state index contributed by atoms with van der Waals surface area (Å²) < 4.78 is 10.9. The molecule has 1 amide bonds. The van der Waals surface area contributed by atoms with Crippen molar-refractivity contribution in [2.24, 2.45) is 0 Å². The maximum absolute atomic E-state index is 13.2. The van der Waals surface area contributed by atoms with Crippen molar-refractivity contribution in [2.75, 3.05) is 37.7 Å². The molecule has 7 nitrogen and oxygen atoms in total. The van der Waals surface area contributed by atoms with Crippen LogP contribution in [0.2, 0.25) is 0 Å². The highest BCUT2D eigenvalue weighted by Gasteiger charge is 2.21. The van der Waals surface area contributed by atoms with E-state index < -0.39 is 0 Å². The molecule has 1 fully saturated rings. The van der Waals surface area contributed by atoms with Crippen molar-refractivity contribution in [2.45, 2.75) is 20.0 Å². The average Bonchev–Trinajstić information content (AvgIpc) is 3.14. The lowest BCUT2D eigenvalue weighted by Crippen LogP contribution is -2.35. The quantitative estimate of drug-likeness (QED) is 0.494. The molecule has 0 atom stereocenters. The summed E-state index contributed by atoms with van der Waals surface area (Å²) in [5.74, 6) is 1.09.